The summed E-state index contributed by atoms with van der Waals surface area (Å²) < 4.78 is 29.1. The van der Waals surface area contributed by atoms with Crippen LogP contribution in [-0.2, 0) is 11.3 Å². The lowest BCUT2D eigenvalue weighted by molar-refractivity contribution is -0.105. The second-order valence-electron chi connectivity index (χ2n) is 17.1. The molecule has 0 radical (unpaired) electrons. The van der Waals surface area contributed by atoms with Gasteiger partial charge in [-0.25, -0.2) is 18.8 Å². The Hall–Kier alpha value is -4.79. The highest BCUT2D eigenvalue weighted by Crippen LogP contribution is 2.49. The van der Waals surface area contributed by atoms with Crippen LogP contribution < -0.4 is 26.4 Å². The zero-order valence-corrected chi connectivity index (χ0v) is 38.1. The third-order valence-corrected chi connectivity index (χ3v) is 14.0. The van der Waals surface area contributed by atoms with E-state index < -0.39 is 0 Å². The quantitative estimate of drug-likeness (QED) is 0.0460. The van der Waals surface area contributed by atoms with E-state index in [1.165, 1.54) is 62.8 Å². The molecular formula is C48H55Br2F2N9O. The van der Waals surface area contributed by atoms with Gasteiger partial charge in [-0.2, -0.15) is 10.2 Å². The summed E-state index contributed by atoms with van der Waals surface area (Å²) in [7, 11) is 0. The number of nitrogens with zero attached hydrogens (tertiary/aromatic N) is 4. The molecule has 6 N–H and O–H groups in total. The fourth-order valence-electron chi connectivity index (χ4n) is 9.76. The summed E-state index contributed by atoms with van der Waals surface area (Å²) >= 11 is 7.51. The third-order valence-electron chi connectivity index (χ3n) is 13.2. The molecule has 0 bridgehead atoms. The van der Waals surface area contributed by atoms with Crippen LogP contribution >= 0.6 is 31.9 Å². The fraction of sp³-hybridized carbons (Fsp3) is 0.396. The monoisotopic (exact) mass is 969 g/mol. The Bertz CT molecular complexity index is 2350. The van der Waals surface area contributed by atoms with Crippen molar-refractivity contribution < 1.29 is 13.6 Å². The first-order valence-electron chi connectivity index (χ1n) is 21.9. The minimum Gasteiger partial charge on any atom is -0.369 e. The summed E-state index contributed by atoms with van der Waals surface area (Å²) in [5.74, 6) is 0.607. The van der Waals surface area contributed by atoms with Crippen LogP contribution in [0.5, 0.6) is 0 Å². The number of hydrogen-bond donors (Lipinski definition) is 5. The van der Waals surface area contributed by atoms with Crippen molar-refractivity contribution in [2.75, 3.05) is 44.4 Å². The van der Waals surface area contributed by atoms with Crippen molar-refractivity contribution in [1.29, 1.82) is 0 Å². The van der Waals surface area contributed by atoms with Crippen LogP contribution in [0.4, 0.5) is 31.8 Å². The number of aromatic nitrogens is 4. The molecule has 3 heterocycles. The van der Waals surface area contributed by atoms with E-state index in [2.05, 4.69) is 52.7 Å². The first-order valence-corrected chi connectivity index (χ1v) is 24.1. The van der Waals surface area contributed by atoms with Gasteiger partial charge >= 0.3 is 0 Å². The number of aromatic amines is 2. The molecule has 10 nitrogen and oxygen atoms in total. The number of anilines is 4. The number of carbonyl (C=O) groups is 1. The van der Waals surface area contributed by atoms with Gasteiger partial charge in [0.15, 0.2) is 6.29 Å². The molecule has 326 valence electrons. The molecule has 0 amide bonds. The number of hydrazine groups is 1. The molecule has 2 fully saturated rings. The third kappa shape index (κ3) is 9.14. The molecule has 2 aliphatic carbocycles. The summed E-state index contributed by atoms with van der Waals surface area (Å²) in [4.78, 5) is 13.4. The van der Waals surface area contributed by atoms with Crippen LogP contribution in [0.25, 0.3) is 28.2 Å². The lowest BCUT2D eigenvalue weighted by Gasteiger charge is -2.43. The van der Waals surface area contributed by atoms with E-state index in [0.717, 1.165) is 66.6 Å². The van der Waals surface area contributed by atoms with E-state index in [1.54, 1.807) is 24.3 Å². The predicted octanol–water partition coefficient (Wildman–Crippen LogP) is 11.9. The number of hydrogen-bond acceptors (Lipinski definition) is 8. The second-order valence-corrected chi connectivity index (χ2v) is 18.6. The number of alkyl halides is 2. The molecule has 2 aromatic heterocycles. The van der Waals surface area contributed by atoms with Crippen molar-refractivity contribution in [2.24, 2.45) is 16.6 Å². The van der Waals surface area contributed by atoms with E-state index in [9.17, 15) is 13.6 Å². The van der Waals surface area contributed by atoms with Crippen molar-refractivity contribution in [3.05, 3.63) is 113 Å². The molecule has 0 unspecified atom stereocenters. The number of allylic oxidation sites excluding steroid dienone is 3. The van der Waals surface area contributed by atoms with E-state index >= 15 is 0 Å². The molecule has 62 heavy (non-hydrogen) atoms. The van der Waals surface area contributed by atoms with Crippen molar-refractivity contribution in [3.63, 3.8) is 0 Å². The zero-order chi connectivity index (χ0) is 43.1. The number of carbonyl (C=O) groups excluding carboxylic acids is 1. The van der Waals surface area contributed by atoms with Crippen molar-refractivity contribution >= 4 is 66.9 Å². The summed E-state index contributed by atoms with van der Waals surface area (Å²) in [5, 5.41) is 30.0. The minimum absolute atomic E-state index is 0.0576. The number of benzene rings is 3. The normalized spacial score (nSPS) is 17.4. The Morgan fingerprint density at radius 2 is 1.23 bits per heavy atom. The molecule has 2 saturated carbocycles. The van der Waals surface area contributed by atoms with Crippen molar-refractivity contribution in [3.8, 4) is 22.5 Å². The number of halogens is 4. The molecule has 3 aliphatic rings. The van der Waals surface area contributed by atoms with Crippen LogP contribution in [0.3, 0.4) is 0 Å². The molecule has 5 aromatic rings. The Balaban J connectivity index is 1.36. The van der Waals surface area contributed by atoms with E-state index in [0.29, 0.717) is 70.0 Å². The van der Waals surface area contributed by atoms with Gasteiger partial charge in [0.05, 0.1) is 16.9 Å². The standard InChI is InChI=1S/C48H55Br2F2N9O/c49-27-25-47(21-5-1-6-22-47)31-54-45-41(42(56-58-45)33-11-15-36(51)16-12-33)40-20-19-38(30-62)60(39-10-4-3-9-35(39)29-53)61(40)44-43(34-13-17-37(52)18-14-34)57-59-46(44)55-32-48(26-28-50)23-7-2-8-24-48/h3-4,9-20,30H,1-2,5-8,21-29,31-32,53H2,(H2,54,56,58)(H2,55,57,59). The predicted molar refractivity (Wildman–Crippen MR) is 254 cm³/mol. The Morgan fingerprint density at radius 1 is 0.694 bits per heavy atom. The van der Waals surface area contributed by atoms with Gasteiger partial charge < -0.3 is 16.4 Å². The van der Waals surface area contributed by atoms with Gasteiger partial charge in [0.25, 0.3) is 0 Å². The maximum atomic E-state index is 14.6. The molecule has 0 atom stereocenters. The molecule has 8 rings (SSSR count). The molecule has 1 aliphatic heterocycles. The number of nitrogens with two attached hydrogens (primary N) is 1. The number of H-pyrrole nitrogens is 2. The maximum absolute atomic E-state index is 14.6. The highest BCUT2D eigenvalue weighted by molar-refractivity contribution is 9.09. The van der Waals surface area contributed by atoms with Crippen LogP contribution in [0, 0.1) is 22.5 Å². The summed E-state index contributed by atoms with van der Waals surface area (Å²) in [6.45, 7) is 1.61. The highest BCUT2D eigenvalue weighted by atomic mass is 79.9. The fourth-order valence-corrected chi connectivity index (χ4v) is 11.4. The second kappa shape index (κ2) is 19.7. The van der Waals surface area contributed by atoms with Gasteiger partial charge in [-0.1, -0.05) is 88.6 Å². The Labute approximate surface area is 379 Å². The largest absolute Gasteiger partial charge is 0.369 e. The Kier molecular flexibility index (Phi) is 13.9. The molecule has 0 saturated heterocycles. The first-order chi connectivity index (χ1) is 30.3. The van der Waals surface area contributed by atoms with Gasteiger partial charge in [0, 0.05) is 41.4 Å². The lowest BCUT2D eigenvalue weighted by Crippen LogP contribution is -2.45. The summed E-state index contributed by atoms with van der Waals surface area (Å²) in [6.07, 6.45) is 18.2. The molecule has 14 heteroatoms. The van der Waals surface area contributed by atoms with Crippen LogP contribution in [0.2, 0.25) is 0 Å². The van der Waals surface area contributed by atoms with E-state index in [1.807, 2.05) is 46.4 Å². The van der Waals surface area contributed by atoms with Crippen LogP contribution in [0.15, 0.2) is 90.6 Å². The van der Waals surface area contributed by atoms with Crippen molar-refractivity contribution in [2.45, 2.75) is 83.6 Å². The van der Waals surface area contributed by atoms with Crippen LogP contribution in [0.1, 0.15) is 88.2 Å². The molecular weight excluding hydrogens is 916 g/mol. The topological polar surface area (TPSA) is 131 Å². The maximum Gasteiger partial charge on any atom is 0.168 e. The number of rotatable bonds is 17. The smallest absolute Gasteiger partial charge is 0.168 e. The SMILES string of the molecule is NCc1ccccc1N1C(C=O)=CC=C(c2c(-c3ccc(F)cc3)n[nH]c2NCC2(CCBr)CCCCC2)N1c1c(-c2ccc(F)cc2)n[nH]c1NCC1(CCBr)CCCCC1. The van der Waals surface area contributed by atoms with Gasteiger partial charge in [-0.15, -0.1) is 0 Å². The number of nitrogens with one attached hydrogen (secondary N) is 4. The summed E-state index contributed by atoms with van der Waals surface area (Å²) in [6, 6.07) is 20.4. The molecule has 3 aromatic carbocycles. The van der Waals surface area contributed by atoms with Crippen LogP contribution in [-0.4, -0.2) is 50.4 Å². The van der Waals surface area contributed by atoms with Gasteiger partial charge in [-0.05, 0) is 122 Å². The Morgan fingerprint density at radius 3 is 1.79 bits per heavy atom. The highest BCUT2D eigenvalue weighted by Gasteiger charge is 2.39. The zero-order valence-electron chi connectivity index (χ0n) is 35.0. The number of para-hydroxylation sites is 1. The average Bonchev–Trinajstić information content (AvgIpc) is 3.93. The lowest BCUT2D eigenvalue weighted by atomic mass is 9.72. The van der Waals surface area contributed by atoms with E-state index in [4.69, 9.17) is 15.9 Å². The van der Waals surface area contributed by atoms with Gasteiger partial charge in [-0.3, -0.25) is 15.0 Å². The summed E-state index contributed by atoms with van der Waals surface area (Å²) in [5.41, 5.74) is 13.0. The van der Waals surface area contributed by atoms with Crippen molar-refractivity contribution in [1.82, 2.24) is 20.4 Å². The number of aldehydes is 1. The average molecular weight is 972 g/mol. The minimum atomic E-state index is -0.366. The molecule has 0 spiro atoms. The van der Waals surface area contributed by atoms with Gasteiger partial charge in [0.1, 0.15) is 46.0 Å². The first kappa shape index (κ1) is 43.8. The van der Waals surface area contributed by atoms with E-state index in [-0.39, 0.29) is 29.0 Å². The van der Waals surface area contributed by atoms with Gasteiger partial charge in [0.2, 0.25) is 0 Å².